The van der Waals surface area contributed by atoms with Gasteiger partial charge in [0.25, 0.3) is 0 Å². The molecule has 2 rings (SSSR count). The van der Waals surface area contributed by atoms with E-state index in [0.29, 0.717) is 0 Å². The summed E-state index contributed by atoms with van der Waals surface area (Å²) in [7, 11) is 0. The Labute approximate surface area is 97.5 Å². The summed E-state index contributed by atoms with van der Waals surface area (Å²) in [6.07, 6.45) is 0. The Hall–Kier alpha value is -2.56. The van der Waals surface area contributed by atoms with Gasteiger partial charge in [-0.3, -0.25) is 0 Å². The molecule has 0 aromatic heterocycles. The third kappa shape index (κ3) is 3.83. The lowest BCUT2D eigenvalue weighted by Gasteiger charge is -1.96. The van der Waals surface area contributed by atoms with E-state index in [0.717, 1.165) is 0 Å². The molecule has 2 aromatic carbocycles. The van der Waals surface area contributed by atoms with Crippen LogP contribution in [0.1, 0.15) is 0 Å². The van der Waals surface area contributed by atoms with Crippen LogP contribution in [0.4, 0.5) is 0 Å². The van der Waals surface area contributed by atoms with Crippen LogP contribution in [0.25, 0.3) is 0 Å². The van der Waals surface area contributed by atoms with Crippen LogP contribution < -0.4 is 0 Å². The number of hydrogen-bond donors (Lipinski definition) is 5. The van der Waals surface area contributed by atoms with Gasteiger partial charge in [0.05, 0.1) is 0 Å². The molecule has 0 aliphatic carbocycles. The second-order valence-electron chi connectivity index (χ2n) is 3.16. The third-order valence-corrected chi connectivity index (χ3v) is 1.82. The first-order valence-electron chi connectivity index (χ1n) is 4.68. The number of benzene rings is 2. The summed E-state index contributed by atoms with van der Waals surface area (Å²) in [5, 5.41) is 43.4. The highest BCUT2D eigenvalue weighted by Gasteiger charge is 2.00. The predicted molar refractivity (Wildman–Crippen MR) is 61.2 cm³/mol. The molecule has 0 fully saturated rings. The Bertz CT molecular complexity index is 459. The van der Waals surface area contributed by atoms with E-state index in [1.165, 1.54) is 36.4 Å². The molecule has 0 amide bonds. The van der Waals surface area contributed by atoms with Gasteiger partial charge >= 0.3 is 0 Å². The summed E-state index contributed by atoms with van der Waals surface area (Å²) in [6.45, 7) is 0. The Morgan fingerprint density at radius 1 is 0.588 bits per heavy atom. The van der Waals surface area contributed by atoms with Crippen LogP contribution in [0.15, 0.2) is 42.5 Å². The zero-order chi connectivity index (χ0) is 12.8. The van der Waals surface area contributed by atoms with E-state index in [1.807, 2.05) is 0 Å². The van der Waals surface area contributed by atoms with Gasteiger partial charge in [-0.15, -0.1) is 0 Å². The van der Waals surface area contributed by atoms with E-state index >= 15 is 0 Å². The minimum Gasteiger partial charge on any atom is -0.508 e. The topological polar surface area (TPSA) is 101 Å². The fourth-order valence-electron chi connectivity index (χ4n) is 1.01. The summed E-state index contributed by atoms with van der Waals surface area (Å²) in [5.74, 6) is -0.919. The maximum atomic E-state index is 8.71. The first kappa shape index (κ1) is 12.5. The van der Waals surface area contributed by atoms with Crippen LogP contribution in [0.3, 0.4) is 0 Å². The molecule has 5 heteroatoms. The van der Waals surface area contributed by atoms with Gasteiger partial charge in [-0.2, -0.15) is 0 Å². The van der Waals surface area contributed by atoms with Crippen molar-refractivity contribution >= 4 is 0 Å². The van der Waals surface area contributed by atoms with Crippen LogP contribution in [0.5, 0.6) is 28.7 Å². The minimum atomic E-state index is -0.475. The van der Waals surface area contributed by atoms with Crippen LogP contribution in [-0.2, 0) is 0 Å². The monoisotopic (exact) mass is 236 g/mol. The van der Waals surface area contributed by atoms with E-state index in [9.17, 15) is 0 Å². The van der Waals surface area contributed by atoms with Crippen molar-refractivity contribution < 1.29 is 25.5 Å². The Morgan fingerprint density at radius 3 is 1.29 bits per heavy atom. The van der Waals surface area contributed by atoms with Crippen molar-refractivity contribution in [2.45, 2.75) is 0 Å². The number of phenolic OH excluding ortho intramolecular Hbond substituents is 5. The minimum absolute atomic E-state index is 0.0880. The summed E-state index contributed by atoms with van der Waals surface area (Å²) >= 11 is 0. The van der Waals surface area contributed by atoms with Crippen molar-refractivity contribution in [3.8, 4) is 28.7 Å². The van der Waals surface area contributed by atoms with Crippen LogP contribution in [0.2, 0.25) is 0 Å². The van der Waals surface area contributed by atoms with Gasteiger partial charge in [-0.25, -0.2) is 0 Å². The van der Waals surface area contributed by atoms with Gasteiger partial charge in [0.1, 0.15) is 11.5 Å². The van der Waals surface area contributed by atoms with Gasteiger partial charge < -0.3 is 25.5 Å². The maximum Gasteiger partial charge on any atom is 0.200 e. The lowest BCUT2D eigenvalue weighted by Crippen LogP contribution is -1.67. The fraction of sp³-hybridized carbons (Fsp3) is 0. The normalized spacial score (nSPS) is 9.18. The molecule has 0 saturated heterocycles. The number of para-hydroxylation sites is 1. The van der Waals surface area contributed by atoms with Gasteiger partial charge in [0.15, 0.2) is 17.2 Å². The molecule has 90 valence electrons. The Morgan fingerprint density at radius 2 is 1.00 bits per heavy atom. The predicted octanol–water partition coefficient (Wildman–Crippen LogP) is 1.90. The van der Waals surface area contributed by atoms with Gasteiger partial charge in [-0.05, 0) is 24.3 Å². The van der Waals surface area contributed by atoms with Gasteiger partial charge in [0, 0.05) is 6.07 Å². The molecule has 0 saturated carbocycles. The van der Waals surface area contributed by atoms with E-state index in [-0.39, 0.29) is 23.0 Å². The molecule has 0 unspecified atom stereocenters. The van der Waals surface area contributed by atoms with Crippen LogP contribution in [0, 0.1) is 0 Å². The average molecular weight is 236 g/mol. The number of rotatable bonds is 0. The van der Waals surface area contributed by atoms with Crippen molar-refractivity contribution in [2.24, 2.45) is 0 Å². The Kier molecular flexibility index (Phi) is 4.05. The fourth-order valence-corrected chi connectivity index (χ4v) is 1.01. The van der Waals surface area contributed by atoms with Crippen molar-refractivity contribution in [2.75, 3.05) is 0 Å². The van der Waals surface area contributed by atoms with E-state index < -0.39 is 5.75 Å². The third-order valence-electron chi connectivity index (χ3n) is 1.82. The summed E-state index contributed by atoms with van der Waals surface area (Å²) < 4.78 is 0. The molecule has 17 heavy (non-hydrogen) atoms. The number of hydrogen-bond acceptors (Lipinski definition) is 5. The molecule has 0 spiro atoms. The highest BCUT2D eigenvalue weighted by Crippen LogP contribution is 2.32. The summed E-state index contributed by atoms with van der Waals surface area (Å²) in [5.41, 5.74) is 0. The molecule has 0 bridgehead atoms. The zero-order valence-corrected chi connectivity index (χ0v) is 8.78. The van der Waals surface area contributed by atoms with Crippen LogP contribution >= 0.6 is 0 Å². The molecule has 0 aliphatic heterocycles. The molecule has 0 atom stereocenters. The van der Waals surface area contributed by atoms with Crippen LogP contribution in [-0.4, -0.2) is 25.5 Å². The molecular weight excluding hydrogens is 224 g/mol. The number of aromatic hydroxyl groups is 5. The lowest BCUT2D eigenvalue weighted by atomic mass is 10.3. The largest absolute Gasteiger partial charge is 0.508 e. The first-order chi connectivity index (χ1) is 8.00. The zero-order valence-electron chi connectivity index (χ0n) is 8.78. The van der Waals surface area contributed by atoms with Crippen molar-refractivity contribution in [3.63, 3.8) is 0 Å². The molecule has 0 heterocycles. The van der Waals surface area contributed by atoms with Crippen molar-refractivity contribution in [3.05, 3.63) is 42.5 Å². The van der Waals surface area contributed by atoms with E-state index in [1.54, 1.807) is 6.07 Å². The van der Waals surface area contributed by atoms with Gasteiger partial charge in [-0.1, -0.05) is 12.1 Å². The molecule has 5 nitrogen and oxygen atoms in total. The quantitative estimate of drug-likeness (QED) is 0.450. The smallest absolute Gasteiger partial charge is 0.200 e. The number of phenols is 5. The lowest BCUT2D eigenvalue weighted by molar-refractivity contribution is 0.368. The molecule has 5 N–H and O–H groups in total. The highest BCUT2D eigenvalue weighted by atomic mass is 16.3. The average Bonchev–Trinajstić information content (AvgIpc) is 2.26. The molecule has 0 aliphatic rings. The SMILES string of the molecule is Oc1cccc(O)c1.Oc1cccc(O)c1O. The maximum absolute atomic E-state index is 8.71. The van der Waals surface area contributed by atoms with Crippen molar-refractivity contribution in [1.29, 1.82) is 0 Å². The molecule has 2 aromatic rings. The second kappa shape index (κ2) is 5.50. The molecule has 0 radical (unpaired) electrons. The summed E-state index contributed by atoms with van der Waals surface area (Å²) in [6, 6.07) is 9.86. The van der Waals surface area contributed by atoms with Gasteiger partial charge in [0.2, 0.25) is 0 Å². The van der Waals surface area contributed by atoms with E-state index in [2.05, 4.69) is 0 Å². The highest BCUT2D eigenvalue weighted by molar-refractivity contribution is 5.47. The standard InChI is InChI=1S/C6H6O3.C6H6O2/c7-4-2-1-3-5(8)6(4)9;7-5-2-1-3-6(8)4-5/h1-3,7-9H;1-4,7-8H. The summed E-state index contributed by atoms with van der Waals surface area (Å²) in [4.78, 5) is 0. The van der Waals surface area contributed by atoms with Crippen molar-refractivity contribution in [1.82, 2.24) is 0 Å². The Balaban J connectivity index is 0.000000171. The molecular formula is C12H12O5. The van der Waals surface area contributed by atoms with E-state index in [4.69, 9.17) is 25.5 Å². The first-order valence-corrected chi connectivity index (χ1v) is 4.68. The second-order valence-corrected chi connectivity index (χ2v) is 3.16.